The molecule has 2 rings (SSSR count). The topological polar surface area (TPSA) is 23.6 Å². The van der Waals surface area contributed by atoms with Crippen molar-refractivity contribution in [2.45, 2.75) is 13.3 Å². The first-order valence-electron chi connectivity index (χ1n) is 5.92. The van der Waals surface area contributed by atoms with Crippen molar-refractivity contribution in [3.8, 4) is 0 Å². The van der Waals surface area contributed by atoms with Crippen LogP contribution in [0.25, 0.3) is 0 Å². The van der Waals surface area contributed by atoms with E-state index >= 15 is 0 Å². The minimum absolute atomic E-state index is 0.259. The summed E-state index contributed by atoms with van der Waals surface area (Å²) in [6, 6.07) is 2.03. The highest BCUT2D eigenvalue weighted by Gasteiger charge is 2.20. The Labute approximate surface area is 115 Å². The van der Waals surface area contributed by atoms with Gasteiger partial charge in [0.15, 0.2) is 0 Å². The van der Waals surface area contributed by atoms with Crippen LogP contribution in [-0.4, -0.2) is 48.4 Å². The van der Waals surface area contributed by atoms with Crippen LogP contribution < -0.4 is 0 Å². The molecule has 0 aliphatic carbocycles. The summed E-state index contributed by atoms with van der Waals surface area (Å²) < 4.78 is 1.07. The predicted molar refractivity (Wildman–Crippen MR) is 74.4 cm³/mol. The maximum Gasteiger partial charge on any atom is 0.227 e. The van der Waals surface area contributed by atoms with E-state index < -0.39 is 0 Å². The zero-order valence-electron chi connectivity index (χ0n) is 9.99. The largest absolute Gasteiger partial charge is 0.340 e. The average molecular weight is 317 g/mol. The van der Waals surface area contributed by atoms with Crippen LogP contribution in [0.2, 0.25) is 0 Å². The molecule has 0 radical (unpaired) electrons. The van der Waals surface area contributed by atoms with Crippen molar-refractivity contribution < 1.29 is 4.79 Å². The Bertz CT molecular complexity index is 386. The van der Waals surface area contributed by atoms with Crippen LogP contribution in [0.1, 0.15) is 11.8 Å². The van der Waals surface area contributed by atoms with Gasteiger partial charge in [0, 0.05) is 40.9 Å². The Morgan fingerprint density at radius 1 is 1.41 bits per heavy atom. The number of piperazine rings is 1. The molecule has 1 aromatic rings. The van der Waals surface area contributed by atoms with Crippen LogP contribution in [0.3, 0.4) is 0 Å². The lowest BCUT2D eigenvalue weighted by Gasteiger charge is -2.34. The summed E-state index contributed by atoms with van der Waals surface area (Å²) in [5, 5.41) is 2.03. The highest BCUT2D eigenvalue weighted by molar-refractivity contribution is 9.10. The Morgan fingerprint density at radius 2 is 2.12 bits per heavy atom. The number of carbonyl (C=O) groups is 1. The van der Waals surface area contributed by atoms with Crippen molar-refractivity contribution in [2.75, 3.05) is 32.7 Å². The van der Waals surface area contributed by atoms with E-state index in [0.29, 0.717) is 6.42 Å². The van der Waals surface area contributed by atoms with Crippen LogP contribution in [0.15, 0.2) is 15.9 Å². The fourth-order valence-electron chi connectivity index (χ4n) is 2.02. The normalized spacial score (nSPS) is 17.4. The van der Waals surface area contributed by atoms with E-state index in [1.54, 1.807) is 11.3 Å². The third kappa shape index (κ3) is 3.53. The molecule has 0 aromatic carbocycles. The summed E-state index contributed by atoms with van der Waals surface area (Å²) in [5.74, 6) is 0.259. The van der Waals surface area contributed by atoms with Crippen LogP contribution in [0.4, 0.5) is 0 Å². The molecule has 0 N–H and O–H groups in total. The second-order valence-corrected chi connectivity index (χ2v) is 6.13. The minimum Gasteiger partial charge on any atom is -0.340 e. The van der Waals surface area contributed by atoms with Crippen molar-refractivity contribution in [1.82, 2.24) is 9.80 Å². The third-order valence-electron chi connectivity index (χ3n) is 3.12. The number of hydrogen-bond donors (Lipinski definition) is 0. The number of nitrogens with zero attached hydrogens (tertiary/aromatic N) is 2. The van der Waals surface area contributed by atoms with Crippen molar-refractivity contribution in [3.05, 3.63) is 20.8 Å². The quantitative estimate of drug-likeness (QED) is 0.853. The van der Waals surface area contributed by atoms with Gasteiger partial charge in [0.25, 0.3) is 0 Å². The maximum atomic E-state index is 12.1. The molecule has 3 nitrogen and oxygen atoms in total. The summed E-state index contributed by atoms with van der Waals surface area (Å²) in [6.45, 7) is 7.02. The van der Waals surface area contributed by atoms with Crippen molar-refractivity contribution in [1.29, 1.82) is 0 Å². The Hall–Kier alpha value is -0.390. The van der Waals surface area contributed by atoms with Gasteiger partial charge in [-0.2, -0.15) is 0 Å². The molecule has 5 heteroatoms. The maximum absolute atomic E-state index is 12.1. The number of amides is 1. The van der Waals surface area contributed by atoms with Gasteiger partial charge in [0.2, 0.25) is 5.91 Å². The second-order valence-electron chi connectivity index (χ2n) is 4.22. The van der Waals surface area contributed by atoms with Crippen molar-refractivity contribution in [2.24, 2.45) is 0 Å². The number of carbonyl (C=O) groups excluding carboxylic acids is 1. The molecule has 1 aliphatic heterocycles. The summed E-state index contributed by atoms with van der Waals surface area (Å²) in [6.07, 6.45) is 0.544. The molecule has 0 spiro atoms. The summed E-state index contributed by atoms with van der Waals surface area (Å²) in [4.78, 5) is 17.6. The van der Waals surface area contributed by atoms with Gasteiger partial charge in [0.05, 0.1) is 6.42 Å². The molecule has 0 bridgehead atoms. The van der Waals surface area contributed by atoms with Gasteiger partial charge in [-0.05, 0) is 28.5 Å². The van der Waals surface area contributed by atoms with E-state index in [4.69, 9.17) is 0 Å². The molecule has 0 unspecified atom stereocenters. The molecule has 1 aromatic heterocycles. The summed E-state index contributed by atoms with van der Waals surface area (Å²) in [7, 11) is 0. The number of likely N-dealkylation sites (N-methyl/N-ethyl adjacent to an activating group) is 1. The molecule has 0 saturated carbocycles. The molecular weight excluding hydrogens is 300 g/mol. The zero-order chi connectivity index (χ0) is 12.3. The first-order valence-corrected chi connectivity index (χ1v) is 7.59. The Kier molecular flexibility index (Phi) is 4.59. The molecule has 2 heterocycles. The van der Waals surface area contributed by atoms with Crippen LogP contribution in [0, 0.1) is 0 Å². The lowest BCUT2D eigenvalue weighted by Crippen LogP contribution is -2.48. The SMILES string of the molecule is CCN1CCN(C(=O)Cc2cc(Br)cs2)CC1. The van der Waals surface area contributed by atoms with E-state index in [1.807, 2.05) is 16.3 Å². The molecule has 1 amide bonds. The molecule has 1 saturated heterocycles. The van der Waals surface area contributed by atoms with Gasteiger partial charge in [-0.15, -0.1) is 11.3 Å². The Balaban J connectivity index is 1.85. The van der Waals surface area contributed by atoms with Crippen molar-refractivity contribution >= 4 is 33.2 Å². The van der Waals surface area contributed by atoms with Crippen LogP contribution in [0.5, 0.6) is 0 Å². The van der Waals surface area contributed by atoms with E-state index in [9.17, 15) is 4.79 Å². The summed E-state index contributed by atoms with van der Waals surface area (Å²) >= 11 is 5.06. The first kappa shape index (κ1) is 13.1. The zero-order valence-corrected chi connectivity index (χ0v) is 12.4. The average Bonchev–Trinajstić information content (AvgIpc) is 2.75. The fraction of sp³-hybridized carbons (Fsp3) is 0.583. The fourth-order valence-corrected chi connectivity index (χ4v) is 3.46. The van der Waals surface area contributed by atoms with E-state index in [1.165, 1.54) is 0 Å². The van der Waals surface area contributed by atoms with Gasteiger partial charge in [-0.25, -0.2) is 0 Å². The van der Waals surface area contributed by atoms with Crippen LogP contribution >= 0.6 is 27.3 Å². The van der Waals surface area contributed by atoms with Gasteiger partial charge in [-0.1, -0.05) is 6.92 Å². The number of halogens is 1. The van der Waals surface area contributed by atoms with E-state index in [2.05, 4.69) is 27.8 Å². The third-order valence-corrected chi connectivity index (χ3v) is 4.82. The standard InChI is InChI=1S/C12H17BrN2OS/c1-2-14-3-5-15(6-4-14)12(16)8-11-7-10(13)9-17-11/h7,9H,2-6,8H2,1H3. The molecule has 0 atom stereocenters. The molecule has 1 fully saturated rings. The monoisotopic (exact) mass is 316 g/mol. The van der Waals surface area contributed by atoms with Gasteiger partial charge in [0.1, 0.15) is 0 Å². The van der Waals surface area contributed by atoms with Gasteiger partial charge >= 0.3 is 0 Å². The smallest absolute Gasteiger partial charge is 0.227 e. The number of hydrogen-bond acceptors (Lipinski definition) is 3. The molecule has 17 heavy (non-hydrogen) atoms. The molecule has 1 aliphatic rings. The Morgan fingerprint density at radius 3 is 2.65 bits per heavy atom. The van der Waals surface area contributed by atoms with Gasteiger partial charge < -0.3 is 9.80 Å². The van der Waals surface area contributed by atoms with Crippen molar-refractivity contribution in [3.63, 3.8) is 0 Å². The van der Waals surface area contributed by atoms with E-state index in [-0.39, 0.29) is 5.91 Å². The van der Waals surface area contributed by atoms with E-state index in [0.717, 1.165) is 42.1 Å². The predicted octanol–water partition coefficient (Wildman–Crippen LogP) is 2.22. The molecule has 94 valence electrons. The lowest BCUT2D eigenvalue weighted by atomic mass is 10.2. The minimum atomic E-state index is 0.259. The number of rotatable bonds is 3. The number of thiophene rings is 1. The molecular formula is C12H17BrN2OS. The first-order chi connectivity index (χ1) is 8.19. The van der Waals surface area contributed by atoms with Gasteiger partial charge in [-0.3, -0.25) is 4.79 Å². The summed E-state index contributed by atoms with van der Waals surface area (Å²) in [5.41, 5.74) is 0. The van der Waals surface area contributed by atoms with Crippen LogP contribution in [-0.2, 0) is 11.2 Å². The highest BCUT2D eigenvalue weighted by atomic mass is 79.9. The second kappa shape index (κ2) is 5.98. The highest BCUT2D eigenvalue weighted by Crippen LogP contribution is 2.20. The lowest BCUT2D eigenvalue weighted by molar-refractivity contribution is -0.132.